The van der Waals surface area contributed by atoms with E-state index in [1.165, 1.54) is 0 Å². The molecule has 5 heteroatoms. The lowest BCUT2D eigenvalue weighted by Crippen LogP contribution is -2.51. The molecule has 17 heavy (non-hydrogen) atoms. The van der Waals surface area contributed by atoms with Crippen molar-refractivity contribution in [3.63, 3.8) is 0 Å². The monoisotopic (exact) mass is 254 g/mol. The first-order valence-corrected chi connectivity index (χ1v) is 7.06. The van der Waals surface area contributed by atoms with E-state index in [2.05, 4.69) is 28.9 Å². The molecule has 1 aliphatic rings. The number of likely N-dealkylation sites (N-methyl/N-ethyl adjacent to an activating group) is 2. The Bertz CT molecular complexity index is 327. The zero-order chi connectivity index (χ0) is 12.3. The van der Waals surface area contributed by atoms with Gasteiger partial charge in [0, 0.05) is 49.7 Å². The quantitative estimate of drug-likeness (QED) is 0.857. The molecule has 0 radical (unpaired) electrons. The third-order valence-electron chi connectivity index (χ3n) is 3.48. The van der Waals surface area contributed by atoms with Crippen molar-refractivity contribution in [3.05, 3.63) is 16.6 Å². The van der Waals surface area contributed by atoms with Crippen LogP contribution in [0.3, 0.4) is 0 Å². The summed E-state index contributed by atoms with van der Waals surface area (Å²) in [6.45, 7) is 3.43. The van der Waals surface area contributed by atoms with Gasteiger partial charge in [0.25, 0.3) is 0 Å². The molecule has 0 spiro atoms. The van der Waals surface area contributed by atoms with Gasteiger partial charge in [0.1, 0.15) is 0 Å². The molecule has 0 aromatic carbocycles. The molecule has 1 aliphatic heterocycles. The average Bonchev–Trinajstić information content (AvgIpc) is 2.76. The lowest BCUT2D eigenvalue weighted by atomic mass is 10.0. The molecule has 2 atom stereocenters. The Labute approximate surface area is 107 Å². The maximum atomic E-state index is 6.22. The van der Waals surface area contributed by atoms with Gasteiger partial charge in [0.15, 0.2) is 0 Å². The van der Waals surface area contributed by atoms with Crippen LogP contribution >= 0.6 is 11.3 Å². The van der Waals surface area contributed by atoms with Crippen LogP contribution in [0.1, 0.15) is 11.4 Å². The summed E-state index contributed by atoms with van der Waals surface area (Å²) in [6, 6.07) is 0.809. The summed E-state index contributed by atoms with van der Waals surface area (Å²) in [6.07, 6.45) is 3.82. The van der Waals surface area contributed by atoms with Crippen LogP contribution in [0.5, 0.6) is 0 Å². The molecule has 1 aromatic rings. The van der Waals surface area contributed by atoms with E-state index in [9.17, 15) is 0 Å². The van der Waals surface area contributed by atoms with Crippen molar-refractivity contribution in [1.82, 2.24) is 14.8 Å². The summed E-state index contributed by atoms with van der Waals surface area (Å²) in [4.78, 5) is 9.12. The fraction of sp³-hybridized carbons (Fsp3) is 0.750. The molecule has 1 fully saturated rings. The highest BCUT2D eigenvalue weighted by molar-refractivity contribution is 7.09. The van der Waals surface area contributed by atoms with Crippen molar-refractivity contribution < 1.29 is 0 Å². The van der Waals surface area contributed by atoms with Gasteiger partial charge in [-0.3, -0.25) is 0 Å². The lowest BCUT2D eigenvalue weighted by Gasteiger charge is -2.38. The zero-order valence-electron chi connectivity index (χ0n) is 10.7. The van der Waals surface area contributed by atoms with Gasteiger partial charge in [-0.15, -0.1) is 11.3 Å². The molecular formula is C12H22N4S. The summed E-state index contributed by atoms with van der Waals surface area (Å²) in [5, 5.41) is 3.17. The van der Waals surface area contributed by atoms with Gasteiger partial charge >= 0.3 is 0 Å². The first kappa shape index (κ1) is 13.0. The van der Waals surface area contributed by atoms with Crippen LogP contribution in [0.15, 0.2) is 11.6 Å². The summed E-state index contributed by atoms with van der Waals surface area (Å²) in [7, 11) is 4.39. The van der Waals surface area contributed by atoms with E-state index < -0.39 is 0 Å². The molecular weight excluding hydrogens is 232 g/mol. The number of aromatic nitrogens is 1. The van der Waals surface area contributed by atoms with Crippen LogP contribution in [0.2, 0.25) is 0 Å². The molecule has 0 bridgehead atoms. The van der Waals surface area contributed by atoms with Gasteiger partial charge in [-0.25, -0.2) is 4.98 Å². The number of nitrogens with two attached hydrogens (primary N) is 1. The largest absolute Gasteiger partial charge is 0.327 e. The Morgan fingerprint density at radius 3 is 3.06 bits per heavy atom. The van der Waals surface area contributed by atoms with Crippen LogP contribution in [-0.4, -0.2) is 60.6 Å². The molecule has 4 nitrogen and oxygen atoms in total. The van der Waals surface area contributed by atoms with Gasteiger partial charge < -0.3 is 15.5 Å². The fourth-order valence-corrected chi connectivity index (χ4v) is 3.08. The summed E-state index contributed by atoms with van der Waals surface area (Å²) >= 11 is 1.70. The molecule has 0 amide bonds. The SMILES string of the molecule is CN1CCN(C)C(CC(N)Cc2nccs2)C1. The van der Waals surface area contributed by atoms with Crippen molar-refractivity contribution in [1.29, 1.82) is 0 Å². The van der Waals surface area contributed by atoms with E-state index in [-0.39, 0.29) is 6.04 Å². The van der Waals surface area contributed by atoms with E-state index in [0.717, 1.165) is 37.5 Å². The Balaban J connectivity index is 1.82. The molecule has 2 heterocycles. The second-order valence-electron chi connectivity index (χ2n) is 5.02. The first-order chi connectivity index (χ1) is 8.15. The highest BCUT2D eigenvalue weighted by Crippen LogP contribution is 2.14. The molecule has 96 valence electrons. The van der Waals surface area contributed by atoms with E-state index in [1.807, 2.05) is 11.6 Å². The molecule has 1 saturated heterocycles. The van der Waals surface area contributed by atoms with E-state index in [4.69, 9.17) is 5.73 Å². The third kappa shape index (κ3) is 3.74. The maximum Gasteiger partial charge on any atom is 0.0940 e. The van der Waals surface area contributed by atoms with Crippen molar-refractivity contribution >= 4 is 11.3 Å². The number of rotatable bonds is 4. The Morgan fingerprint density at radius 2 is 2.35 bits per heavy atom. The fourth-order valence-electron chi connectivity index (χ4n) is 2.37. The average molecular weight is 254 g/mol. The second kappa shape index (κ2) is 5.91. The van der Waals surface area contributed by atoms with Crippen LogP contribution in [0.25, 0.3) is 0 Å². The highest BCUT2D eigenvalue weighted by atomic mass is 32.1. The number of thiazole rings is 1. The molecule has 0 aliphatic carbocycles. The maximum absolute atomic E-state index is 6.22. The van der Waals surface area contributed by atoms with Crippen LogP contribution < -0.4 is 5.73 Å². The normalized spacial score (nSPS) is 25.0. The Hall–Kier alpha value is -0.490. The van der Waals surface area contributed by atoms with Crippen LogP contribution in [-0.2, 0) is 6.42 Å². The Kier molecular flexibility index (Phi) is 4.50. The second-order valence-corrected chi connectivity index (χ2v) is 6.00. The van der Waals surface area contributed by atoms with Gasteiger partial charge in [-0.1, -0.05) is 0 Å². The predicted octanol–water partition coefficient (Wildman–Crippen LogP) is 0.649. The van der Waals surface area contributed by atoms with Crippen LogP contribution in [0.4, 0.5) is 0 Å². The summed E-state index contributed by atoms with van der Waals surface area (Å²) in [5.41, 5.74) is 6.22. The standard InChI is InChI=1S/C12H22N4S/c1-15-4-5-16(2)11(9-15)7-10(13)8-12-14-3-6-17-12/h3,6,10-11H,4-5,7-9,13H2,1-2H3. The van der Waals surface area contributed by atoms with Gasteiger partial charge in [-0.05, 0) is 20.5 Å². The molecule has 2 N–H and O–H groups in total. The Morgan fingerprint density at radius 1 is 1.53 bits per heavy atom. The number of hydrogen-bond acceptors (Lipinski definition) is 5. The van der Waals surface area contributed by atoms with Gasteiger partial charge in [0.2, 0.25) is 0 Å². The summed E-state index contributed by atoms with van der Waals surface area (Å²) < 4.78 is 0. The summed E-state index contributed by atoms with van der Waals surface area (Å²) in [5.74, 6) is 0. The van der Waals surface area contributed by atoms with Crippen molar-refractivity contribution in [2.24, 2.45) is 5.73 Å². The molecule has 1 aromatic heterocycles. The topological polar surface area (TPSA) is 45.4 Å². The lowest BCUT2D eigenvalue weighted by molar-refractivity contribution is 0.104. The van der Waals surface area contributed by atoms with Gasteiger partial charge in [0.05, 0.1) is 5.01 Å². The molecule has 2 rings (SSSR count). The van der Waals surface area contributed by atoms with Crippen molar-refractivity contribution in [3.8, 4) is 0 Å². The van der Waals surface area contributed by atoms with Gasteiger partial charge in [-0.2, -0.15) is 0 Å². The minimum Gasteiger partial charge on any atom is -0.327 e. The first-order valence-electron chi connectivity index (χ1n) is 6.18. The minimum absolute atomic E-state index is 0.222. The zero-order valence-corrected chi connectivity index (χ0v) is 11.5. The third-order valence-corrected chi connectivity index (χ3v) is 4.28. The number of hydrogen-bond donors (Lipinski definition) is 1. The number of piperazine rings is 1. The minimum atomic E-state index is 0.222. The smallest absolute Gasteiger partial charge is 0.0940 e. The van der Waals surface area contributed by atoms with E-state index in [1.54, 1.807) is 11.3 Å². The van der Waals surface area contributed by atoms with E-state index >= 15 is 0 Å². The van der Waals surface area contributed by atoms with Crippen molar-refractivity contribution in [2.45, 2.75) is 24.9 Å². The molecule has 2 unspecified atom stereocenters. The van der Waals surface area contributed by atoms with Crippen LogP contribution in [0, 0.1) is 0 Å². The highest BCUT2D eigenvalue weighted by Gasteiger charge is 2.24. The van der Waals surface area contributed by atoms with E-state index in [0.29, 0.717) is 6.04 Å². The molecule has 0 saturated carbocycles. The van der Waals surface area contributed by atoms with Crippen molar-refractivity contribution in [2.75, 3.05) is 33.7 Å². The number of nitrogens with zero attached hydrogens (tertiary/aromatic N) is 3. The predicted molar refractivity (Wildman–Crippen MR) is 72.3 cm³/mol.